The summed E-state index contributed by atoms with van der Waals surface area (Å²) in [4.78, 5) is 19.4. The Hall–Kier alpha value is -2.14. The molecule has 0 aliphatic carbocycles. The second-order valence-electron chi connectivity index (χ2n) is 5.28. The standard InChI is InChI=1S/C16H19N3O2/c1-21-13-4-2-3-12(9-13)16-18-14(10-15(20)19-16)11-5-7-17-8-6-11/h2-4,9-11,17H,5-8H2,1H3,(H,18,19,20). The van der Waals surface area contributed by atoms with E-state index in [-0.39, 0.29) is 5.56 Å². The minimum atomic E-state index is -0.101. The first-order chi connectivity index (χ1) is 10.3. The summed E-state index contributed by atoms with van der Waals surface area (Å²) >= 11 is 0. The van der Waals surface area contributed by atoms with Crippen LogP contribution in [0, 0.1) is 0 Å². The number of rotatable bonds is 3. The number of aromatic amines is 1. The van der Waals surface area contributed by atoms with Crippen molar-refractivity contribution < 1.29 is 4.74 Å². The predicted molar refractivity (Wildman–Crippen MR) is 81.7 cm³/mol. The van der Waals surface area contributed by atoms with E-state index >= 15 is 0 Å². The molecule has 0 spiro atoms. The summed E-state index contributed by atoms with van der Waals surface area (Å²) in [7, 11) is 1.63. The van der Waals surface area contributed by atoms with Crippen molar-refractivity contribution in [3.8, 4) is 17.1 Å². The average molecular weight is 285 g/mol. The van der Waals surface area contributed by atoms with Gasteiger partial charge in [-0.3, -0.25) is 4.79 Å². The Labute approximate surface area is 123 Å². The SMILES string of the molecule is COc1cccc(-c2nc(C3CCNCC3)cc(=O)[nH]2)c1. The molecule has 2 heterocycles. The van der Waals surface area contributed by atoms with Gasteiger partial charge in [-0.2, -0.15) is 0 Å². The smallest absolute Gasteiger partial charge is 0.251 e. The molecule has 1 aliphatic rings. The minimum absolute atomic E-state index is 0.101. The highest BCUT2D eigenvalue weighted by atomic mass is 16.5. The van der Waals surface area contributed by atoms with E-state index in [4.69, 9.17) is 4.74 Å². The summed E-state index contributed by atoms with van der Waals surface area (Å²) in [5.74, 6) is 1.72. The molecule has 5 nitrogen and oxygen atoms in total. The third-order valence-electron chi connectivity index (χ3n) is 3.86. The molecule has 1 aromatic carbocycles. The fraction of sp³-hybridized carbons (Fsp3) is 0.375. The lowest BCUT2D eigenvalue weighted by Crippen LogP contribution is -2.28. The molecule has 3 rings (SSSR count). The molecule has 1 aliphatic heterocycles. The van der Waals surface area contributed by atoms with Gasteiger partial charge in [0.25, 0.3) is 5.56 Å². The lowest BCUT2D eigenvalue weighted by atomic mass is 9.94. The quantitative estimate of drug-likeness (QED) is 0.904. The summed E-state index contributed by atoms with van der Waals surface area (Å²) in [6, 6.07) is 9.20. The second-order valence-corrected chi connectivity index (χ2v) is 5.28. The Morgan fingerprint density at radius 2 is 2.05 bits per heavy atom. The van der Waals surface area contributed by atoms with Crippen molar-refractivity contribution in [1.29, 1.82) is 0 Å². The minimum Gasteiger partial charge on any atom is -0.497 e. The highest BCUT2D eigenvalue weighted by Gasteiger charge is 2.18. The number of benzene rings is 1. The van der Waals surface area contributed by atoms with E-state index in [1.54, 1.807) is 13.2 Å². The van der Waals surface area contributed by atoms with Crippen molar-refractivity contribution in [2.45, 2.75) is 18.8 Å². The maximum atomic E-state index is 11.9. The summed E-state index contributed by atoms with van der Waals surface area (Å²) in [5, 5.41) is 3.33. The molecule has 1 saturated heterocycles. The van der Waals surface area contributed by atoms with Crippen LogP contribution in [0.2, 0.25) is 0 Å². The molecule has 1 fully saturated rings. The van der Waals surface area contributed by atoms with Crippen LogP contribution in [0.15, 0.2) is 35.1 Å². The third-order valence-corrected chi connectivity index (χ3v) is 3.86. The molecular formula is C16H19N3O2. The molecule has 21 heavy (non-hydrogen) atoms. The lowest BCUT2D eigenvalue weighted by Gasteiger charge is -2.22. The first-order valence-electron chi connectivity index (χ1n) is 7.22. The number of hydrogen-bond donors (Lipinski definition) is 2. The molecule has 0 radical (unpaired) electrons. The number of nitrogens with one attached hydrogen (secondary N) is 2. The van der Waals surface area contributed by atoms with Crippen LogP contribution < -0.4 is 15.6 Å². The van der Waals surface area contributed by atoms with Gasteiger partial charge in [-0.25, -0.2) is 4.98 Å². The summed E-state index contributed by atoms with van der Waals surface area (Å²) in [6.45, 7) is 1.96. The number of hydrogen-bond acceptors (Lipinski definition) is 4. The van der Waals surface area contributed by atoms with Crippen molar-refractivity contribution in [1.82, 2.24) is 15.3 Å². The Morgan fingerprint density at radius 1 is 1.24 bits per heavy atom. The molecule has 2 N–H and O–H groups in total. The summed E-state index contributed by atoms with van der Waals surface area (Å²) < 4.78 is 5.23. The van der Waals surface area contributed by atoms with Gasteiger partial charge < -0.3 is 15.0 Å². The zero-order valence-electron chi connectivity index (χ0n) is 12.1. The Bertz CT molecular complexity index is 675. The van der Waals surface area contributed by atoms with Crippen LogP contribution in [-0.4, -0.2) is 30.2 Å². The van der Waals surface area contributed by atoms with E-state index in [1.165, 1.54) is 0 Å². The van der Waals surface area contributed by atoms with E-state index in [9.17, 15) is 4.79 Å². The van der Waals surface area contributed by atoms with Gasteiger partial charge in [-0.15, -0.1) is 0 Å². The maximum Gasteiger partial charge on any atom is 0.251 e. The molecule has 0 amide bonds. The molecule has 5 heteroatoms. The molecule has 1 aromatic heterocycles. The van der Waals surface area contributed by atoms with Crippen LogP contribution >= 0.6 is 0 Å². The van der Waals surface area contributed by atoms with Crippen molar-refractivity contribution in [2.75, 3.05) is 20.2 Å². The predicted octanol–water partition coefficient (Wildman–Crippen LogP) is 1.91. The third kappa shape index (κ3) is 3.13. The van der Waals surface area contributed by atoms with E-state index in [2.05, 4.69) is 15.3 Å². The van der Waals surface area contributed by atoms with Crippen molar-refractivity contribution in [3.63, 3.8) is 0 Å². The molecule has 110 valence electrons. The van der Waals surface area contributed by atoms with Crippen LogP contribution in [0.4, 0.5) is 0 Å². The highest BCUT2D eigenvalue weighted by molar-refractivity contribution is 5.57. The first-order valence-corrected chi connectivity index (χ1v) is 7.22. The molecular weight excluding hydrogens is 266 g/mol. The number of nitrogens with zero attached hydrogens (tertiary/aromatic N) is 1. The van der Waals surface area contributed by atoms with Gasteiger partial charge in [0.05, 0.1) is 12.8 Å². The molecule has 0 bridgehead atoms. The Balaban J connectivity index is 1.98. The highest BCUT2D eigenvalue weighted by Crippen LogP contribution is 2.25. The zero-order chi connectivity index (χ0) is 14.7. The largest absolute Gasteiger partial charge is 0.497 e. The number of aromatic nitrogens is 2. The van der Waals surface area contributed by atoms with Crippen molar-refractivity contribution in [3.05, 3.63) is 46.4 Å². The van der Waals surface area contributed by atoms with E-state index in [0.29, 0.717) is 11.7 Å². The summed E-state index contributed by atoms with van der Waals surface area (Å²) in [6.07, 6.45) is 2.04. The van der Waals surface area contributed by atoms with E-state index < -0.39 is 0 Å². The maximum absolute atomic E-state index is 11.9. The zero-order valence-corrected chi connectivity index (χ0v) is 12.1. The van der Waals surface area contributed by atoms with E-state index in [0.717, 1.165) is 42.9 Å². The number of H-pyrrole nitrogens is 1. The van der Waals surface area contributed by atoms with Crippen LogP contribution in [-0.2, 0) is 0 Å². The normalized spacial score (nSPS) is 15.9. The Morgan fingerprint density at radius 3 is 2.81 bits per heavy atom. The molecule has 0 saturated carbocycles. The fourth-order valence-corrected chi connectivity index (χ4v) is 2.71. The topological polar surface area (TPSA) is 67.0 Å². The van der Waals surface area contributed by atoms with Crippen LogP contribution in [0.5, 0.6) is 5.75 Å². The average Bonchev–Trinajstić information content (AvgIpc) is 2.55. The number of ether oxygens (including phenoxy) is 1. The molecule has 0 atom stereocenters. The van der Waals surface area contributed by atoms with Gasteiger partial charge in [-0.1, -0.05) is 12.1 Å². The van der Waals surface area contributed by atoms with Crippen molar-refractivity contribution >= 4 is 0 Å². The number of piperidine rings is 1. The van der Waals surface area contributed by atoms with Crippen LogP contribution in [0.3, 0.4) is 0 Å². The van der Waals surface area contributed by atoms with Gasteiger partial charge in [-0.05, 0) is 38.1 Å². The molecule has 2 aromatic rings. The number of methoxy groups -OCH3 is 1. The van der Waals surface area contributed by atoms with Gasteiger partial charge in [0, 0.05) is 17.5 Å². The van der Waals surface area contributed by atoms with Gasteiger partial charge in [0.2, 0.25) is 0 Å². The van der Waals surface area contributed by atoms with Gasteiger partial charge in [0.15, 0.2) is 0 Å². The first kappa shape index (κ1) is 13.8. The summed E-state index contributed by atoms with van der Waals surface area (Å²) in [5.41, 5.74) is 1.65. The van der Waals surface area contributed by atoms with Gasteiger partial charge >= 0.3 is 0 Å². The second kappa shape index (κ2) is 6.10. The van der Waals surface area contributed by atoms with E-state index in [1.807, 2.05) is 24.3 Å². The van der Waals surface area contributed by atoms with Crippen LogP contribution in [0.25, 0.3) is 11.4 Å². The fourth-order valence-electron chi connectivity index (χ4n) is 2.71. The molecule has 0 unspecified atom stereocenters. The van der Waals surface area contributed by atoms with Gasteiger partial charge in [0.1, 0.15) is 11.6 Å². The Kier molecular flexibility index (Phi) is 4.01. The lowest BCUT2D eigenvalue weighted by molar-refractivity contribution is 0.415. The van der Waals surface area contributed by atoms with Crippen LogP contribution in [0.1, 0.15) is 24.5 Å². The van der Waals surface area contributed by atoms with Crippen molar-refractivity contribution in [2.24, 2.45) is 0 Å². The monoisotopic (exact) mass is 285 g/mol.